The number of carbonyl (C=O) groups is 2. The van der Waals surface area contributed by atoms with Crippen LogP contribution in [-0.2, 0) is 19.1 Å². The Balaban J connectivity index is 1.94. The lowest BCUT2D eigenvalue weighted by Crippen LogP contribution is -2.39. The highest BCUT2D eigenvalue weighted by atomic mass is 32.2. The summed E-state index contributed by atoms with van der Waals surface area (Å²) in [5, 5.41) is 8.42. The third kappa shape index (κ3) is 3.05. The van der Waals surface area contributed by atoms with Gasteiger partial charge in [0.15, 0.2) is 10.9 Å². The molecule has 2 aliphatic rings. The van der Waals surface area contributed by atoms with Crippen molar-refractivity contribution in [3.63, 3.8) is 0 Å². The van der Waals surface area contributed by atoms with E-state index in [1.165, 1.54) is 6.92 Å². The Kier molecular flexibility index (Phi) is 4.29. The minimum Gasteiger partial charge on any atom is -0.480 e. The smallest absolute Gasteiger partial charge is 0.317 e. The van der Waals surface area contributed by atoms with E-state index in [4.69, 9.17) is 9.47 Å². The van der Waals surface area contributed by atoms with E-state index in [0.29, 0.717) is 13.2 Å². The van der Waals surface area contributed by atoms with Crippen molar-refractivity contribution >= 4 is 22.8 Å². The van der Waals surface area contributed by atoms with Crippen LogP contribution < -0.4 is 0 Å². The van der Waals surface area contributed by atoms with E-state index in [0.717, 1.165) is 37.4 Å². The molecule has 102 valence electrons. The second-order valence-corrected chi connectivity index (χ2v) is 6.13. The number of carbonyl (C=O) groups excluding carboxylic acids is 1. The van der Waals surface area contributed by atoms with Gasteiger partial charge in [0.05, 0.1) is 13.2 Å². The van der Waals surface area contributed by atoms with E-state index in [1.807, 2.05) is 0 Å². The van der Waals surface area contributed by atoms with Crippen molar-refractivity contribution in [2.75, 3.05) is 13.2 Å². The molecule has 2 rings (SSSR count). The summed E-state index contributed by atoms with van der Waals surface area (Å²) in [5.74, 6) is -1.35. The number of hydrogen-bond donors (Lipinski definition) is 1. The van der Waals surface area contributed by atoms with Crippen LogP contribution in [0.1, 0.15) is 32.6 Å². The fourth-order valence-corrected chi connectivity index (χ4v) is 3.62. The first-order valence-corrected chi connectivity index (χ1v) is 7.08. The van der Waals surface area contributed by atoms with Gasteiger partial charge in [0.2, 0.25) is 0 Å². The molecule has 0 amide bonds. The summed E-state index contributed by atoms with van der Waals surface area (Å²) in [5.41, 5.74) is 0. The van der Waals surface area contributed by atoms with Crippen molar-refractivity contribution in [1.82, 2.24) is 0 Å². The second-order valence-electron chi connectivity index (χ2n) is 4.81. The summed E-state index contributed by atoms with van der Waals surface area (Å²) in [6.45, 7) is 2.65. The largest absolute Gasteiger partial charge is 0.480 e. The van der Waals surface area contributed by atoms with E-state index < -0.39 is 17.0 Å². The Labute approximate surface area is 110 Å². The van der Waals surface area contributed by atoms with Crippen LogP contribution in [0.25, 0.3) is 0 Å². The summed E-state index contributed by atoms with van der Waals surface area (Å²) < 4.78 is 11.2. The number of carboxylic acid groups (broad SMARTS) is 1. The minimum atomic E-state index is -0.899. The van der Waals surface area contributed by atoms with Gasteiger partial charge in [-0.25, -0.2) is 0 Å². The van der Waals surface area contributed by atoms with Gasteiger partial charge in [0, 0.05) is 19.8 Å². The first-order chi connectivity index (χ1) is 8.52. The molecular weight excluding hydrogens is 256 g/mol. The average molecular weight is 274 g/mol. The fraction of sp³-hybridized carbons (Fsp3) is 0.833. The summed E-state index contributed by atoms with van der Waals surface area (Å²) in [6.07, 6.45) is 2.91. The number of carboxylic acids is 1. The van der Waals surface area contributed by atoms with Gasteiger partial charge in [0.1, 0.15) is 5.25 Å². The molecule has 1 N–H and O–H groups in total. The van der Waals surface area contributed by atoms with E-state index in [2.05, 4.69) is 0 Å². The van der Waals surface area contributed by atoms with E-state index >= 15 is 0 Å². The molecule has 2 fully saturated rings. The minimum absolute atomic E-state index is 0.0230. The van der Waals surface area contributed by atoms with Crippen molar-refractivity contribution < 1.29 is 24.2 Å². The zero-order valence-corrected chi connectivity index (χ0v) is 11.2. The van der Waals surface area contributed by atoms with Crippen LogP contribution in [0.2, 0.25) is 0 Å². The van der Waals surface area contributed by atoms with Crippen LogP contribution in [0.5, 0.6) is 0 Å². The molecular formula is C12H18O5S. The van der Waals surface area contributed by atoms with Crippen molar-refractivity contribution in [1.29, 1.82) is 0 Å². The molecule has 1 saturated carbocycles. The number of rotatable bonds is 3. The molecule has 1 aliphatic carbocycles. The van der Waals surface area contributed by atoms with Crippen molar-refractivity contribution in [3.8, 4) is 0 Å². The third-order valence-electron chi connectivity index (χ3n) is 3.57. The van der Waals surface area contributed by atoms with E-state index in [9.17, 15) is 14.7 Å². The van der Waals surface area contributed by atoms with Gasteiger partial charge in [0.25, 0.3) is 0 Å². The second kappa shape index (κ2) is 5.59. The topological polar surface area (TPSA) is 72.8 Å². The van der Waals surface area contributed by atoms with Crippen LogP contribution in [-0.4, -0.2) is 40.4 Å². The molecule has 5 nitrogen and oxygen atoms in total. The van der Waals surface area contributed by atoms with Gasteiger partial charge >= 0.3 is 5.97 Å². The summed E-state index contributed by atoms with van der Waals surface area (Å²) in [4.78, 5) is 22.3. The normalized spacial score (nSPS) is 25.2. The Morgan fingerprint density at radius 2 is 1.83 bits per heavy atom. The molecule has 1 saturated heterocycles. The molecule has 1 aliphatic heterocycles. The van der Waals surface area contributed by atoms with Crippen LogP contribution >= 0.6 is 11.8 Å². The molecule has 1 unspecified atom stereocenters. The van der Waals surface area contributed by atoms with Crippen molar-refractivity contribution in [2.45, 2.75) is 43.6 Å². The molecule has 0 aromatic heterocycles. The molecule has 0 aromatic carbocycles. The predicted molar refractivity (Wildman–Crippen MR) is 66.3 cm³/mol. The van der Waals surface area contributed by atoms with Crippen LogP contribution in [0.15, 0.2) is 0 Å². The quantitative estimate of drug-likeness (QED) is 0.843. The summed E-state index contributed by atoms with van der Waals surface area (Å²) in [6, 6.07) is 0. The number of thioether (sulfide) groups is 1. The van der Waals surface area contributed by atoms with E-state index in [1.54, 1.807) is 0 Å². The molecule has 1 heterocycles. The number of aliphatic carboxylic acids is 1. The summed E-state index contributed by atoms with van der Waals surface area (Å²) >= 11 is 0.925. The molecule has 1 spiro atoms. The lowest BCUT2D eigenvalue weighted by atomic mass is 9.83. The van der Waals surface area contributed by atoms with Gasteiger partial charge in [-0.15, -0.1) is 0 Å². The lowest BCUT2D eigenvalue weighted by molar-refractivity contribution is -0.183. The Morgan fingerprint density at radius 3 is 2.28 bits per heavy atom. The zero-order valence-electron chi connectivity index (χ0n) is 10.4. The SMILES string of the molecule is CC(=O)SC(C(=O)O)C1CCC2(CC1)OCCO2. The summed E-state index contributed by atoms with van der Waals surface area (Å²) in [7, 11) is 0. The molecule has 18 heavy (non-hydrogen) atoms. The standard InChI is InChI=1S/C12H18O5S/c1-8(13)18-10(11(14)15)9-2-4-12(5-3-9)16-6-7-17-12/h9-10H,2-7H2,1H3,(H,14,15). The molecule has 0 bridgehead atoms. The maximum absolute atomic E-state index is 11.2. The Morgan fingerprint density at radius 1 is 1.28 bits per heavy atom. The number of hydrogen-bond acceptors (Lipinski definition) is 5. The van der Waals surface area contributed by atoms with Gasteiger partial charge in [-0.2, -0.15) is 0 Å². The molecule has 1 atom stereocenters. The van der Waals surface area contributed by atoms with Crippen LogP contribution in [0.4, 0.5) is 0 Å². The van der Waals surface area contributed by atoms with Crippen molar-refractivity contribution in [3.05, 3.63) is 0 Å². The lowest BCUT2D eigenvalue weighted by Gasteiger charge is -2.36. The maximum Gasteiger partial charge on any atom is 0.317 e. The van der Waals surface area contributed by atoms with Gasteiger partial charge < -0.3 is 14.6 Å². The van der Waals surface area contributed by atoms with Crippen LogP contribution in [0.3, 0.4) is 0 Å². The highest BCUT2D eigenvalue weighted by Gasteiger charge is 2.43. The van der Waals surface area contributed by atoms with Gasteiger partial charge in [-0.1, -0.05) is 11.8 Å². The molecule has 0 aromatic rings. The third-order valence-corrected chi connectivity index (χ3v) is 4.74. The van der Waals surface area contributed by atoms with E-state index in [-0.39, 0.29) is 11.0 Å². The van der Waals surface area contributed by atoms with Crippen molar-refractivity contribution in [2.24, 2.45) is 5.92 Å². The Hall–Kier alpha value is -0.590. The first-order valence-electron chi connectivity index (χ1n) is 6.20. The van der Waals surface area contributed by atoms with Gasteiger partial charge in [-0.3, -0.25) is 9.59 Å². The van der Waals surface area contributed by atoms with Crippen LogP contribution in [0, 0.1) is 5.92 Å². The fourth-order valence-electron chi connectivity index (χ4n) is 2.70. The number of ether oxygens (including phenoxy) is 2. The van der Waals surface area contributed by atoms with Gasteiger partial charge in [-0.05, 0) is 18.8 Å². The zero-order chi connectivity index (χ0) is 13.2. The first kappa shape index (κ1) is 13.8. The highest BCUT2D eigenvalue weighted by molar-refractivity contribution is 8.14. The average Bonchev–Trinajstić information content (AvgIpc) is 2.75. The maximum atomic E-state index is 11.2. The molecule has 0 radical (unpaired) electrons. The monoisotopic (exact) mass is 274 g/mol. The molecule has 6 heteroatoms. The highest BCUT2D eigenvalue weighted by Crippen LogP contribution is 2.41. The predicted octanol–water partition coefficient (Wildman–Crippen LogP) is 1.65. The Bertz CT molecular complexity index is 327.